The van der Waals surface area contributed by atoms with E-state index in [1.54, 1.807) is 0 Å². The molecule has 1 rings (SSSR count). The van der Waals surface area contributed by atoms with Crippen LogP contribution in [-0.2, 0) is 4.74 Å². The molecule has 0 aliphatic rings. The molecule has 28 heavy (non-hydrogen) atoms. The van der Waals surface area contributed by atoms with Gasteiger partial charge in [0.25, 0.3) is 0 Å². The summed E-state index contributed by atoms with van der Waals surface area (Å²) < 4.78 is 5.69. The highest BCUT2D eigenvalue weighted by atomic mass is 16.5. The molecule has 0 radical (unpaired) electrons. The van der Waals surface area contributed by atoms with Crippen molar-refractivity contribution in [2.45, 2.75) is 110 Å². The van der Waals surface area contributed by atoms with E-state index in [0.29, 0.717) is 0 Å². The summed E-state index contributed by atoms with van der Waals surface area (Å²) in [6.07, 6.45) is 26.9. The molecule has 0 N–H and O–H groups in total. The van der Waals surface area contributed by atoms with Crippen LogP contribution in [0.25, 0.3) is 6.08 Å². The molecule has 0 fully saturated rings. The molecule has 0 heterocycles. The smallest absolute Gasteiger partial charge is 0.0650 e. The third-order valence-electron chi connectivity index (χ3n) is 5.47. The summed E-state index contributed by atoms with van der Waals surface area (Å²) in [6.45, 7) is 3.92. The molecular formula is C27H46O. The van der Waals surface area contributed by atoms with Crippen molar-refractivity contribution in [1.29, 1.82) is 0 Å². The molecule has 0 bridgehead atoms. The molecule has 160 valence electrons. The third kappa shape index (κ3) is 17.0. The number of hydrogen-bond donors (Lipinski definition) is 0. The lowest BCUT2D eigenvalue weighted by atomic mass is 10.0. The maximum absolute atomic E-state index is 5.69. The van der Waals surface area contributed by atoms with Crippen LogP contribution >= 0.6 is 0 Å². The van der Waals surface area contributed by atoms with Crippen molar-refractivity contribution in [1.82, 2.24) is 0 Å². The molecule has 1 heteroatoms. The Kier molecular flexibility index (Phi) is 18.4. The molecule has 1 aromatic rings. The summed E-state index contributed by atoms with van der Waals surface area (Å²) in [4.78, 5) is 0. The molecule has 0 atom stereocenters. The van der Waals surface area contributed by atoms with Crippen LogP contribution in [-0.4, -0.2) is 13.2 Å². The Labute approximate surface area is 176 Å². The number of benzene rings is 1. The number of hydrogen-bond acceptors (Lipinski definition) is 1. The van der Waals surface area contributed by atoms with Crippen LogP contribution in [0.3, 0.4) is 0 Å². The Morgan fingerprint density at radius 2 is 1.07 bits per heavy atom. The van der Waals surface area contributed by atoms with Crippen LogP contribution in [0.2, 0.25) is 0 Å². The fourth-order valence-electron chi connectivity index (χ4n) is 3.65. The van der Waals surface area contributed by atoms with E-state index in [1.807, 2.05) is 6.07 Å². The minimum Gasteiger partial charge on any atom is -0.377 e. The van der Waals surface area contributed by atoms with Gasteiger partial charge in [-0.25, -0.2) is 0 Å². The van der Waals surface area contributed by atoms with Crippen LogP contribution < -0.4 is 0 Å². The van der Waals surface area contributed by atoms with Gasteiger partial charge in [-0.05, 0) is 12.0 Å². The second-order valence-electron chi connectivity index (χ2n) is 8.19. The highest BCUT2D eigenvalue weighted by Gasteiger charge is 1.95. The Morgan fingerprint density at radius 3 is 1.57 bits per heavy atom. The lowest BCUT2D eigenvalue weighted by molar-refractivity contribution is 0.157. The molecule has 1 aromatic carbocycles. The molecule has 0 unspecified atom stereocenters. The normalized spacial score (nSPS) is 11.5. The van der Waals surface area contributed by atoms with Gasteiger partial charge < -0.3 is 4.74 Å². The van der Waals surface area contributed by atoms with Gasteiger partial charge in [0.15, 0.2) is 0 Å². The highest BCUT2D eigenvalue weighted by molar-refractivity contribution is 5.48. The van der Waals surface area contributed by atoms with E-state index in [0.717, 1.165) is 13.2 Å². The van der Waals surface area contributed by atoms with Crippen molar-refractivity contribution in [2.24, 2.45) is 0 Å². The zero-order valence-electron chi connectivity index (χ0n) is 18.7. The first kappa shape index (κ1) is 25.0. The van der Waals surface area contributed by atoms with Gasteiger partial charge in [-0.3, -0.25) is 0 Å². The molecule has 1 nitrogen and oxygen atoms in total. The van der Waals surface area contributed by atoms with E-state index in [-0.39, 0.29) is 0 Å². The Hall–Kier alpha value is -1.08. The van der Waals surface area contributed by atoms with Crippen molar-refractivity contribution in [2.75, 3.05) is 13.2 Å². The van der Waals surface area contributed by atoms with Gasteiger partial charge in [0.05, 0.1) is 6.61 Å². The maximum Gasteiger partial charge on any atom is 0.0650 e. The molecule has 0 aliphatic carbocycles. The molecular weight excluding hydrogens is 340 g/mol. The quantitative estimate of drug-likeness (QED) is 0.203. The van der Waals surface area contributed by atoms with Gasteiger partial charge >= 0.3 is 0 Å². The zero-order valence-corrected chi connectivity index (χ0v) is 18.7. The lowest BCUT2D eigenvalue weighted by Crippen LogP contribution is -1.94. The average molecular weight is 387 g/mol. The minimum atomic E-state index is 0.730. The minimum absolute atomic E-state index is 0.730. The highest BCUT2D eigenvalue weighted by Crippen LogP contribution is 2.13. The first-order valence-electron chi connectivity index (χ1n) is 12.2. The number of rotatable bonds is 20. The molecule has 0 saturated carbocycles. The van der Waals surface area contributed by atoms with Crippen LogP contribution in [0.5, 0.6) is 0 Å². The monoisotopic (exact) mass is 386 g/mol. The largest absolute Gasteiger partial charge is 0.377 e. The predicted octanol–water partition coefficient (Wildman–Crippen LogP) is 8.98. The van der Waals surface area contributed by atoms with Crippen molar-refractivity contribution < 1.29 is 4.74 Å². The van der Waals surface area contributed by atoms with Crippen LogP contribution in [0.15, 0.2) is 36.4 Å². The molecule has 0 saturated heterocycles. The standard InChI is InChI=1S/C27H46O/c1-2-3-4-5-6-7-8-9-10-11-12-13-14-15-16-20-25-28-26-21-24-27-22-18-17-19-23-27/h17-19,21-24H,2-16,20,25-26H2,1H3/b24-21+. The summed E-state index contributed by atoms with van der Waals surface area (Å²) in [5, 5.41) is 0. The van der Waals surface area contributed by atoms with Crippen LogP contribution in [0.4, 0.5) is 0 Å². The van der Waals surface area contributed by atoms with E-state index >= 15 is 0 Å². The fraction of sp³-hybridized carbons (Fsp3) is 0.704. The maximum atomic E-state index is 5.69. The Bertz CT molecular complexity index is 437. The van der Waals surface area contributed by atoms with Crippen molar-refractivity contribution in [3.63, 3.8) is 0 Å². The van der Waals surface area contributed by atoms with Crippen molar-refractivity contribution in [3.05, 3.63) is 42.0 Å². The SMILES string of the molecule is CCCCCCCCCCCCCCCCCCOC/C=C/c1ccccc1. The summed E-state index contributed by atoms with van der Waals surface area (Å²) in [5.74, 6) is 0. The second-order valence-corrected chi connectivity index (χ2v) is 8.19. The van der Waals surface area contributed by atoms with Crippen LogP contribution in [0.1, 0.15) is 115 Å². The van der Waals surface area contributed by atoms with E-state index in [2.05, 4.69) is 43.3 Å². The second kappa shape index (κ2) is 20.6. The molecule has 0 aliphatic heterocycles. The van der Waals surface area contributed by atoms with Gasteiger partial charge in [-0.2, -0.15) is 0 Å². The first-order chi connectivity index (χ1) is 13.9. The average Bonchev–Trinajstić information content (AvgIpc) is 2.73. The number of unbranched alkanes of at least 4 members (excludes halogenated alkanes) is 15. The summed E-state index contributed by atoms with van der Waals surface area (Å²) in [5.41, 5.74) is 1.24. The summed E-state index contributed by atoms with van der Waals surface area (Å²) >= 11 is 0. The molecule has 0 aromatic heterocycles. The Balaban J connectivity index is 1.70. The lowest BCUT2D eigenvalue weighted by Gasteiger charge is -2.04. The van der Waals surface area contributed by atoms with Crippen molar-refractivity contribution >= 4 is 6.08 Å². The third-order valence-corrected chi connectivity index (χ3v) is 5.47. The fourth-order valence-corrected chi connectivity index (χ4v) is 3.65. The van der Waals surface area contributed by atoms with Gasteiger partial charge in [0.2, 0.25) is 0 Å². The van der Waals surface area contributed by atoms with E-state index in [1.165, 1.54) is 108 Å². The molecule has 0 spiro atoms. The predicted molar refractivity (Wildman–Crippen MR) is 126 cm³/mol. The van der Waals surface area contributed by atoms with Crippen molar-refractivity contribution in [3.8, 4) is 0 Å². The first-order valence-corrected chi connectivity index (χ1v) is 12.2. The summed E-state index contributed by atoms with van der Waals surface area (Å²) in [6, 6.07) is 10.4. The zero-order chi connectivity index (χ0) is 20.0. The summed E-state index contributed by atoms with van der Waals surface area (Å²) in [7, 11) is 0. The van der Waals surface area contributed by atoms with E-state index in [4.69, 9.17) is 4.74 Å². The van der Waals surface area contributed by atoms with Gasteiger partial charge in [-0.1, -0.05) is 146 Å². The van der Waals surface area contributed by atoms with E-state index < -0.39 is 0 Å². The molecule has 0 amide bonds. The Morgan fingerprint density at radius 1 is 0.607 bits per heavy atom. The van der Waals surface area contributed by atoms with Gasteiger partial charge in [-0.15, -0.1) is 0 Å². The van der Waals surface area contributed by atoms with Crippen LogP contribution in [0, 0.1) is 0 Å². The van der Waals surface area contributed by atoms with Gasteiger partial charge in [0.1, 0.15) is 0 Å². The van der Waals surface area contributed by atoms with E-state index in [9.17, 15) is 0 Å². The number of ether oxygens (including phenoxy) is 1. The van der Waals surface area contributed by atoms with Gasteiger partial charge in [0, 0.05) is 6.61 Å². The topological polar surface area (TPSA) is 9.23 Å².